The highest BCUT2D eigenvalue weighted by atomic mass is 19.4. The van der Waals surface area contributed by atoms with Crippen LogP contribution < -0.4 is 4.74 Å². The van der Waals surface area contributed by atoms with Crippen LogP contribution in [-0.2, 0) is 17.5 Å². The molecule has 196 valence electrons. The molecule has 0 radical (unpaired) electrons. The molecule has 1 saturated carbocycles. The van der Waals surface area contributed by atoms with E-state index >= 15 is 0 Å². The zero-order chi connectivity index (χ0) is 26.4. The number of carbonyl (C=O) groups excluding carboxylic acids is 1. The first-order valence-corrected chi connectivity index (χ1v) is 12.9. The number of halogens is 3. The van der Waals surface area contributed by atoms with Gasteiger partial charge in [0.25, 0.3) is 0 Å². The van der Waals surface area contributed by atoms with Crippen LogP contribution in [-0.4, -0.2) is 40.6 Å². The second-order valence-electron chi connectivity index (χ2n) is 10.3. The smallest absolute Gasteiger partial charge is 0.416 e. The van der Waals surface area contributed by atoms with E-state index < -0.39 is 11.7 Å². The van der Waals surface area contributed by atoms with Gasteiger partial charge in [0.15, 0.2) is 0 Å². The molecule has 1 aromatic heterocycles. The van der Waals surface area contributed by atoms with Gasteiger partial charge in [-0.05, 0) is 66.6 Å². The quantitative estimate of drug-likeness (QED) is 0.286. The number of aromatic nitrogens is 2. The molecule has 2 fully saturated rings. The van der Waals surface area contributed by atoms with E-state index in [1.54, 1.807) is 7.11 Å². The Morgan fingerprint density at radius 2 is 1.61 bits per heavy atom. The maximum Gasteiger partial charge on any atom is 0.416 e. The molecule has 2 aliphatic rings. The van der Waals surface area contributed by atoms with E-state index in [1.165, 1.54) is 6.07 Å². The molecule has 1 aliphatic heterocycles. The number of ether oxygens (including phenoxy) is 1. The molecule has 5 nitrogen and oxygen atoms in total. The number of methoxy groups -OCH3 is 1. The fraction of sp³-hybridized carbons (Fsp3) is 0.333. The normalized spacial score (nSPS) is 17.8. The Morgan fingerprint density at radius 3 is 2.24 bits per heavy atom. The van der Waals surface area contributed by atoms with Crippen LogP contribution in [0.25, 0.3) is 33.5 Å². The second kappa shape index (κ2) is 9.49. The summed E-state index contributed by atoms with van der Waals surface area (Å²) in [6.45, 7) is 1.99. The van der Waals surface area contributed by atoms with Crippen molar-refractivity contribution in [1.29, 1.82) is 0 Å². The van der Waals surface area contributed by atoms with Crippen molar-refractivity contribution < 1.29 is 22.7 Å². The predicted octanol–water partition coefficient (Wildman–Crippen LogP) is 6.66. The molecule has 2 heterocycles. The third-order valence-electron chi connectivity index (χ3n) is 7.61. The van der Waals surface area contributed by atoms with E-state index in [9.17, 15) is 18.0 Å². The molecule has 0 N–H and O–H groups in total. The van der Waals surface area contributed by atoms with Gasteiger partial charge in [-0.2, -0.15) is 13.2 Å². The predicted molar refractivity (Wildman–Crippen MR) is 140 cm³/mol. The molecule has 8 heteroatoms. The number of fused-ring (bicyclic) bond motifs is 1. The highest BCUT2D eigenvalue weighted by Crippen LogP contribution is 2.36. The van der Waals surface area contributed by atoms with E-state index in [2.05, 4.69) is 4.98 Å². The topological polar surface area (TPSA) is 47.4 Å². The van der Waals surface area contributed by atoms with E-state index in [-0.39, 0.29) is 17.7 Å². The van der Waals surface area contributed by atoms with Crippen LogP contribution in [0.2, 0.25) is 0 Å². The van der Waals surface area contributed by atoms with Gasteiger partial charge in [-0.15, -0.1) is 0 Å². The summed E-state index contributed by atoms with van der Waals surface area (Å²) in [5.41, 5.74) is 3.15. The summed E-state index contributed by atoms with van der Waals surface area (Å²) in [5, 5.41) is 0. The molecule has 6 rings (SSSR count). The number of carbonyl (C=O) groups is 1. The van der Waals surface area contributed by atoms with Crippen molar-refractivity contribution in [2.45, 2.75) is 32.0 Å². The van der Waals surface area contributed by atoms with Crippen molar-refractivity contribution in [3.05, 3.63) is 72.3 Å². The summed E-state index contributed by atoms with van der Waals surface area (Å²) in [4.78, 5) is 19.2. The van der Waals surface area contributed by atoms with Crippen molar-refractivity contribution in [2.75, 3.05) is 20.2 Å². The third kappa shape index (κ3) is 4.75. The molecular formula is C30H28F3N3O2. The third-order valence-corrected chi connectivity index (χ3v) is 7.61. The average Bonchev–Trinajstić information content (AvgIpc) is 3.57. The van der Waals surface area contributed by atoms with Crippen LogP contribution in [0, 0.1) is 11.8 Å². The van der Waals surface area contributed by atoms with Crippen molar-refractivity contribution in [1.82, 2.24) is 14.5 Å². The lowest BCUT2D eigenvalue weighted by Crippen LogP contribution is -2.30. The monoisotopic (exact) mass is 519 g/mol. The average molecular weight is 520 g/mol. The summed E-state index contributed by atoms with van der Waals surface area (Å²) in [6.07, 6.45) is -1.61. The summed E-state index contributed by atoms with van der Waals surface area (Å²) >= 11 is 0. The lowest BCUT2D eigenvalue weighted by atomic mass is 10.0. The zero-order valence-electron chi connectivity index (χ0n) is 21.0. The molecule has 0 spiro atoms. The SMILES string of the molecule is COc1ccc(-c2ccc(-c3nc4cc(C(F)(F)F)ccc4n3C[C@@H]3CCN(C(=O)C4CC4)C3)cc2)cc1. The Morgan fingerprint density at radius 1 is 0.947 bits per heavy atom. The Hall–Kier alpha value is -3.81. The molecule has 1 saturated heterocycles. The lowest BCUT2D eigenvalue weighted by Gasteiger charge is -2.18. The Bertz CT molecular complexity index is 1470. The number of benzene rings is 3. The molecule has 1 aliphatic carbocycles. The zero-order valence-corrected chi connectivity index (χ0v) is 21.0. The second-order valence-corrected chi connectivity index (χ2v) is 10.3. The largest absolute Gasteiger partial charge is 0.497 e. The number of hydrogen-bond donors (Lipinski definition) is 0. The van der Waals surface area contributed by atoms with Gasteiger partial charge >= 0.3 is 6.18 Å². The maximum absolute atomic E-state index is 13.4. The molecule has 4 aromatic rings. The van der Waals surface area contributed by atoms with Gasteiger partial charge in [0.1, 0.15) is 11.6 Å². The van der Waals surface area contributed by atoms with Gasteiger partial charge < -0.3 is 14.2 Å². The van der Waals surface area contributed by atoms with Gasteiger partial charge in [-0.3, -0.25) is 4.79 Å². The first kappa shape index (κ1) is 24.5. The van der Waals surface area contributed by atoms with Gasteiger partial charge in [0.2, 0.25) is 5.91 Å². The fourth-order valence-electron chi connectivity index (χ4n) is 5.34. The highest BCUT2D eigenvalue weighted by molar-refractivity contribution is 5.82. The van der Waals surface area contributed by atoms with Gasteiger partial charge in [-0.25, -0.2) is 4.98 Å². The summed E-state index contributed by atoms with van der Waals surface area (Å²) < 4.78 is 47.6. The number of rotatable bonds is 6. The fourth-order valence-corrected chi connectivity index (χ4v) is 5.34. The van der Waals surface area contributed by atoms with Gasteiger partial charge in [-0.1, -0.05) is 36.4 Å². The number of amides is 1. The molecule has 0 unspecified atom stereocenters. The Labute approximate surface area is 218 Å². The van der Waals surface area contributed by atoms with Gasteiger partial charge in [0, 0.05) is 31.1 Å². The van der Waals surface area contributed by atoms with Crippen LogP contribution in [0.5, 0.6) is 5.75 Å². The molecule has 1 amide bonds. The maximum atomic E-state index is 13.4. The van der Waals surface area contributed by atoms with Crippen LogP contribution in [0.3, 0.4) is 0 Å². The van der Waals surface area contributed by atoms with Crippen LogP contribution in [0.4, 0.5) is 13.2 Å². The van der Waals surface area contributed by atoms with Crippen molar-refractivity contribution in [3.8, 4) is 28.3 Å². The van der Waals surface area contributed by atoms with E-state index in [0.29, 0.717) is 29.9 Å². The van der Waals surface area contributed by atoms with Crippen molar-refractivity contribution >= 4 is 16.9 Å². The first-order chi connectivity index (χ1) is 18.3. The summed E-state index contributed by atoms with van der Waals surface area (Å²) in [5.74, 6) is 2.06. The molecule has 1 atom stereocenters. The number of nitrogens with zero attached hydrogens (tertiary/aromatic N) is 3. The van der Waals surface area contributed by atoms with Crippen molar-refractivity contribution in [3.63, 3.8) is 0 Å². The van der Waals surface area contributed by atoms with Crippen LogP contribution in [0.1, 0.15) is 24.8 Å². The first-order valence-electron chi connectivity index (χ1n) is 12.9. The van der Waals surface area contributed by atoms with Crippen LogP contribution >= 0.6 is 0 Å². The molecule has 0 bridgehead atoms. The molecule has 3 aromatic carbocycles. The number of hydrogen-bond acceptors (Lipinski definition) is 3. The van der Waals surface area contributed by atoms with E-state index in [1.807, 2.05) is 58.0 Å². The highest BCUT2D eigenvalue weighted by Gasteiger charge is 2.37. The molecular weight excluding hydrogens is 491 g/mol. The van der Waals surface area contributed by atoms with Crippen LogP contribution in [0.15, 0.2) is 66.7 Å². The molecule has 38 heavy (non-hydrogen) atoms. The Kier molecular flexibility index (Phi) is 6.13. The summed E-state index contributed by atoms with van der Waals surface area (Å²) in [6, 6.07) is 19.4. The van der Waals surface area contributed by atoms with Crippen molar-refractivity contribution in [2.24, 2.45) is 11.8 Å². The Balaban J connectivity index is 1.34. The minimum absolute atomic E-state index is 0.184. The minimum Gasteiger partial charge on any atom is -0.497 e. The lowest BCUT2D eigenvalue weighted by molar-refractivity contribution is -0.137. The van der Waals surface area contributed by atoms with Gasteiger partial charge in [0.05, 0.1) is 23.7 Å². The number of likely N-dealkylation sites (tertiary alicyclic amines) is 1. The number of imidazole rings is 1. The van der Waals surface area contributed by atoms with E-state index in [4.69, 9.17) is 4.74 Å². The number of alkyl halides is 3. The van der Waals surface area contributed by atoms with E-state index in [0.717, 1.165) is 60.4 Å². The minimum atomic E-state index is -4.44. The summed E-state index contributed by atoms with van der Waals surface area (Å²) in [7, 11) is 1.63. The standard InChI is InChI=1S/C30H28F3N3O2/c1-38-25-11-8-21(9-12-25)20-2-4-22(5-3-20)28-34-26-16-24(30(31,32)33)10-13-27(26)36(28)18-19-14-15-35(17-19)29(37)23-6-7-23/h2-5,8-13,16,19,23H,6-7,14-15,17-18H2,1H3/t19-/m1/s1.